The van der Waals surface area contributed by atoms with Crippen LogP contribution in [0, 0.1) is 0 Å². The Labute approximate surface area is 73.3 Å². The average Bonchev–Trinajstić information content (AvgIpc) is 2.48. The summed E-state index contributed by atoms with van der Waals surface area (Å²) in [5.41, 5.74) is 1.01. The van der Waals surface area contributed by atoms with Crippen LogP contribution in [0.2, 0.25) is 0 Å². The van der Waals surface area contributed by atoms with Crippen molar-refractivity contribution < 1.29 is 4.74 Å². The number of hydrogen-bond acceptors (Lipinski definition) is 2. The third kappa shape index (κ3) is 2.66. The van der Waals surface area contributed by atoms with Crippen LogP contribution in [0.1, 0.15) is 26.5 Å². The Morgan fingerprint density at radius 1 is 1.58 bits per heavy atom. The van der Waals surface area contributed by atoms with Crippen molar-refractivity contribution in [2.45, 2.75) is 40.0 Å². The van der Waals surface area contributed by atoms with Crippen molar-refractivity contribution in [2.24, 2.45) is 0 Å². The van der Waals surface area contributed by atoms with Crippen molar-refractivity contribution in [3.05, 3.63) is 18.0 Å². The highest BCUT2D eigenvalue weighted by atomic mass is 16.5. The highest BCUT2D eigenvalue weighted by molar-refractivity contribution is 4.96. The normalized spacial score (nSPS) is 11.0. The van der Waals surface area contributed by atoms with Crippen molar-refractivity contribution in [3.8, 4) is 0 Å². The van der Waals surface area contributed by atoms with Gasteiger partial charge < -0.3 is 4.74 Å². The Morgan fingerprint density at radius 3 is 2.83 bits per heavy atom. The second kappa shape index (κ2) is 4.26. The molecule has 0 aromatic carbocycles. The van der Waals surface area contributed by atoms with Gasteiger partial charge in [0, 0.05) is 12.7 Å². The number of aromatic nitrogens is 2. The van der Waals surface area contributed by atoms with Gasteiger partial charge in [0.2, 0.25) is 0 Å². The van der Waals surface area contributed by atoms with Crippen LogP contribution in [-0.4, -0.2) is 15.9 Å². The van der Waals surface area contributed by atoms with Gasteiger partial charge >= 0.3 is 0 Å². The van der Waals surface area contributed by atoms with E-state index in [0.29, 0.717) is 6.61 Å². The molecule has 1 aromatic heterocycles. The van der Waals surface area contributed by atoms with Crippen molar-refractivity contribution in [2.75, 3.05) is 0 Å². The Hall–Kier alpha value is -0.830. The lowest BCUT2D eigenvalue weighted by Gasteiger charge is -2.04. The van der Waals surface area contributed by atoms with Gasteiger partial charge in [0.05, 0.1) is 18.4 Å². The second-order valence-corrected chi connectivity index (χ2v) is 3.02. The lowest BCUT2D eigenvalue weighted by Crippen LogP contribution is -2.03. The van der Waals surface area contributed by atoms with Crippen molar-refractivity contribution in [1.29, 1.82) is 0 Å². The minimum atomic E-state index is 0.275. The summed E-state index contributed by atoms with van der Waals surface area (Å²) in [7, 11) is 0. The molecule has 1 rings (SSSR count). The van der Waals surface area contributed by atoms with Crippen LogP contribution < -0.4 is 0 Å². The van der Waals surface area contributed by atoms with E-state index >= 15 is 0 Å². The molecule has 0 unspecified atom stereocenters. The van der Waals surface area contributed by atoms with Crippen molar-refractivity contribution in [3.63, 3.8) is 0 Å². The lowest BCUT2D eigenvalue weighted by atomic mass is 10.4. The van der Waals surface area contributed by atoms with Crippen LogP contribution in [-0.2, 0) is 17.9 Å². The van der Waals surface area contributed by atoms with E-state index < -0.39 is 0 Å². The molecular weight excluding hydrogens is 152 g/mol. The Bertz CT molecular complexity index is 230. The zero-order chi connectivity index (χ0) is 8.97. The summed E-state index contributed by atoms with van der Waals surface area (Å²) in [6, 6.07) is 1.99. The first-order valence-electron chi connectivity index (χ1n) is 4.36. The summed E-state index contributed by atoms with van der Waals surface area (Å²) >= 11 is 0. The van der Waals surface area contributed by atoms with Gasteiger partial charge in [-0.1, -0.05) is 0 Å². The molecule has 0 aliphatic heterocycles. The van der Waals surface area contributed by atoms with Crippen LogP contribution in [0.4, 0.5) is 0 Å². The minimum Gasteiger partial charge on any atom is -0.372 e. The third-order valence-electron chi connectivity index (χ3n) is 1.58. The van der Waals surface area contributed by atoms with Gasteiger partial charge in [-0.05, 0) is 26.8 Å². The Morgan fingerprint density at radius 2 is 2.33 bits per heavy atom. The zero-order valence-corrected chi connectivity index (χ0v) is 7.95. The predicted molar refractivity (Wildman–Crippen MR) is 47.8 cm³/mol. The topological polar surface area (TPSA) is 27.1 Å². The Balaban J connectivity index is 2.41. The van der Waals surface area contributed by atoms with E-state index in [1.54, 1.807) is 0 Å². The van der Waals surface area contributed by atoms with Gasteiger partial charge in [-0.2, -0.15) is 5.10 Å². The van der Waals surface area contributed by atoms with E-state index in [1.807, 2.05) is 30.8 Å². The molecule has 0 saturated carbocycles. The molecule has 68 valence electrons. The lowest BCUT2D eigenvalue weighted by molar-refractivity contribution is 0.0632. The van der Waals surface area contributed by atoms with Crippen LogP contribution in [0.5, 0.6) is 0 Å². The maximum Gasteiger partial charge on any atom is 0.0909 e. The molecule has 1 aromatic rings. The van der Waals surface area contributed by atoms with Gasteiger partial charge in [-0.3, -0.25) is 4.68 Å². The van der Waals surface area contributed by atoms with Crippen LogP contribution in [0.3, 0.4) is 0 Å². The summed E-state index contributed by atoms with van der Waals surface area (Å²) in [5.74, 6) is 0. The summed E-state index contributed by atoms with van der Waals surface area (Å²) in [6.45, 7) is 7.65. The molecule has 0 N–H and O–H groups in total. The van der Waals surface area contributed by atoms with Crippen LogP contribution in [0.15, 0.2) is 12.3 Å². The van der Waals surface area contributed by atoms with Gasteiger partial charge in [-0.15, -0.1) is 0 Å². The first kappa shape index (κ1) is 9.26. The molecule has 0 bridgehead atoms. The van der Waals surface area contributed by atoms with E-state index in [0.717, 1.165) is 12.2 Å². The van der Waals surface area contributed by atoms with Crippen LogP contribution >= 0.6 is 0 Å². The molecular formula is C9H16N2O. The summed E-state index contributed by atoms with van der Waals surface area (Å²) in [4.78, 5) is 0. The number of aryl methyl sites for hydroxylation is 1. The van der Waals surface area contributed by atoms with E-state index in [4.69, 9.17) is 4.74 Å². The number of nitrogens with zero attached hydrogens (tertiary/aromatic N) is 2. The summed E-state index contributed by atoms with van der Waals surface area (Å²) in [5, 5.41) is 4.29. The number of ether oxygens (including phenoxy) is 1. The maximum atomic E-state index is 5.41. The predicted octanol–water partition coefficient (Wildman–Crippen LogP) is 1.83. The van der Waals surface area contributed by atoms with Gasteiger partial charge in [-0.25, -0.2) is 0 Å². The quantitative estimate of drug-likeness (QED) is 0.685. The molecule has 0 spiro atoms. The van der Waals surface area contributed by atoms with E-state index in [9.17, 15) is 0 Å². The highest BCUT2D eigenvalue weighted by Gasteiger charge is 1.99. The molecule has 0 radical (unpaired) electrons. The third-order valence-corrected chi connectivity index (χ3v) is 1.58. The second-order valence-electron chi connectivity index (χ2n) is 3.02. The maximum absolute atomic E-state index is 5.41. The summed E-state index contributed by atoms with van der Waals surface area (Å²) < 4.78 is 7.31. The molecule has 3 nitrogen and oxygen atoms in total. The molecule has 0 fully saturated rings. The highest BCUT2D eigenvalue weighted by Crippen LogP contribution is 2.00. The fourth-order valence-corrected chi connectivity index (χ4v) is 0.909. The first-order chi connectivity index (χ1) is 5.72. The van der Waals surface area contributed by atoms with E-state index in [1.165, 1.54) is 0 Å². The number of rotatable bonds is 4. The monoisotopic (exact) mass is 168 g/mol. The molecule has 0 amide bonds. The Kier molecular flexibility index (Phi) is 3.29. The van der Waals surface area contributed by atoms with Crippen LogP contribution in [0.25, 0.3) is 0 Å². The molecule has 3 heteroatoms. The van der Waals surface area contributed by atoms with Gasteiger partial charge in [0.1, 0.15) is 0 Å². The van der Waals surface area contributed by atoms with Crippen molar-refractivity contribution >= 4 is 0 Å². The minimum absolute atomic E-state index is 0.275. The molecule has 0 saturated heterocycles. The first-order valence-corrected chi connectivity index (χ1v) is 4.36. The number of hydrogen-bond donors (Lipinski definition) is 0. The standard InChI is InChI=1S/C9H16N2O/c1-4-11-6-5-9(10-11)7-12-8(2)3/h5-6,8H,4,7H2,1-3H3. The molecule has 0 atom stereocenters. The zero-order valence-electron chi connectivity index (χ0n) is 7.95. The van der Waals surface area contributed by atoms with E-state index in [-0.39, 0.29) is 6.10 Å². The largest absolute Gasteiger partial charge is 0.372 e. The average molecular weight is 168 g/mol. The smallest absolute Gasteiger partial charge is 0.0909 e. The van der Waals surface area contributed by atoms with Gasteiger partial charge in [0.15, 0.2) is 0 Å². The fraction of sp³-hybridized carbons (Fsp3) is 0.667. The summed E-state index contributed by atoms with van der Waals surface area (Å²) in [6.07, 6.45) is 2.25. The molecule has 0 aliphatic carbocycles. The van der Waals surface area contributed by atoms with Gasteiger partial charge in [0.25, 0.3) is 0 Å². The molecule has 12 heavy (non-hydrogen) atoms. The molecule has 1 heterocycles. The fourth-order valence-electron chi connectivity index (χ4n) is 0.909. The van der Waals surface area contributed by atoms with Crippen molar-refractivity contribution in [1.82, 2.24) is 9.78 Å². The SMILES string of the molecule is CCn1ccc(COC(C)C)n1. The molecule has 0 aliphatic rings. The van der Waals surface area contributed by atoms with E-state index in [2.05, 4.69) is 12.0 Å².